The summed E-state index contributed by atoms with van der Waals surface area (Å²) in [5, 5.41) is 3.35. The molecular weight excluding hydrogens is 248 g/mol. The summed E-state index contributed by atoms with van der Waals surface area (Å²) < 4.78 is 0. The van der Waals surface area contributed by atoms with Crippen molar-refractivity contribution in [2.24, 2.45) is 29.4 Å². The number of nitrogens with two attached hydrogens (primary N) is 1. The summed E-state index contributed by atoms with van der Waals surface area (Å²) in [4.78, 5) is 12.5. The van der Waals surface area contributed by atoms with Crippen molar-refractivity contribution in [3.8, 4) is 0 Å². The zero-order valence-electron chi connectivity index (χ0n) is 12.9. The van der Waals surface area contributed by atoms with E-state index in [-0.39, 0.29) is 11.4 Å². The highest BCUT2D eigenvalue weighted by molar-refractivity contribution is 5.77. The number of rotatable bonds is 4. The Morgan fingerprint density at radius 2 is 2.10 bits per heavy atom. The average molecular weight is 278 g/mol. The van der Waals surface area contributed by atoms with Crippen molar-refractivity contribution in [2.75, 3.05) is 6.54 Å². The van der Waals surface area contributed by atoms with Crippen LogP contribution in [0.4, 0.5) is 0 Å². The fraction of sp³-hybridized carbons (Fsp3) is 0.941. The third-order valence-corrected chi connectivity index (χ3v) is 6.54. The lowest BCUT2D eigenvalue weighted by atomic mass is 9.73. The fourth-order valence-electron chi connectivity index (χ4n) is 5.15. The molecular formula is C17H30N2O. The van der Waals surface area contributed by atoms with Crippen LogP contribution >= 0.6 is 0 Å². The van der Waals surface area contributed by atoms with Gasteiger partial charge in [-0.3, -0.25) is 4.79 Å². The van der Waals surface area contributed by atoms with Crippen LogP contribution in [-0.2, 0) is 4.79 Å². The molecule has 3 saturated carbocycles. The van der Waals surface area contributed by atoms with Gasteiger partial charge in [-0.15, -0.1) is 0 Å². The zero-order valence-corrected chi connectivity index (χ0v) is 12.9. The molecule has 0 aromatic carbocycles. The van der Waals surface area contributed by atoms with E-state index in [1.54, 1.807) is 0 Å². The van der Waals surface area contributed by atoms with E-state index in [2.05, 4.69) is 12.2 Å². The van der Waals surface area contributed by atoms with E-state index < -0.39 is 0 Å². The zero-order chi connectivity index (χ0) is 14.2. The van der Waals surface area contributed by atoms with Gasteiger partial charge in [-0.25, -0.2) is 0 Å². The number of hydrogen-bond acceptors (Lipinski definition) is 2. The topological polar surface area (TPSA) is 55.1 Å². The van der Waals surface area contributed by atoms with E-state index in [0.717, 1.165) is 24.7 Å². The van der Waals surface area contributed by atoms with Crippen LogP contribution in [0.15, 0.2) is 0 Å². The Morgan fingerprint density at radius 1 is 1.25 bits per heavy atom. The second kappa shape index (κ2) is 5.67. The molecule has 0 aliphatic heterocycles. The normalized spacial score (nSPS) is 43.7. The Kier molecular flexibility index (Phi) is 4.07. The summed E-state index contributed by atoms with van der Waals surface area (Å²) in [6, 6.07) is 0. The molecule has 0 aromatic rings. The molecule has 3 N–H and O–H groups in total. The van der Waals surface area contributed by atoms with Crippen LogP contribution in [0.25, 0.3) is 0 Å². The van der Waals surface area contributed by atoms with E-state index in [1.807, 2.05) is 0 Å². The van der Waals surface area contributed by atoms with Gasteiger partial charge in [-0.05, 0) is 55.8 Å². The van der Waals surface area contributed by atoms with Crippen LogP contribution in [0.5, 0.6) is 0 Å². The summed E-state index contributed by atoms with van der Waals surface area (Å²) in [5.74, 6) is 3.20. The van der Waals surface area contributed by atoms with Crippen molar-refractivity contribution >= 4 is 5.91 Å². The Balaban J connectivity index is 1.57. The molecule has 5 atom stereocenters. The second-order valence-electron chi connectivity index (χ2n) is 7.69. The first kappa shape index (κ1) is 14.4. The molecule has 3 aliphatic rings. The van der Waals surface area contributed by atoms with Crippen LogP contribution in [-0.4, -0.2) is 18.0 Å². The predicted octanol–water partition coefficient (Wildman–Crippen LogP) is 2.84. The van der Waals surface area contributed by atoms with E-state index in [0.29, 0.717) is 18.4 Å². The minimum absolute atomic E-state index is 0.118. The quantitative estimate of drug-likeness (QED) is 0.831. The van der Waals surface area contributed by atoms with Crippen molar-refractivity contribution < 1.29 is 4.79 Å². The van der Waals surface area contributed by atoms with Gasteiger partial charge in [0.05, 0.1) is 5.54 Å². The number of amides is 1. The SMILES string of the molecule is CC1CCCCC1(CN)NC(=O)CC1CC2CCC1C2. The largest absolute Gasteiger partial charge is 0.349 e. The minimum atomic E-state index is -0.118. The summed E-state index contributed by atoms with van der Waals surface area (Å²) in [6.07, 6.45) is 10.9. The smallest absolute Gasteiger partial charge is 0.220 e. The molecule has 3 fully saturated rings. The summed E-state index contributed by atoms with van der Waals surface area (Å²) in [5.41, 5.74) is 5.91. The lowest BCUT2D eigenvalue weighted by Gasteiger charge is -2.43. The first-order valence-corrected chi connectivity index (χ1v) is 8.64. The molecule has 0 saturated heterocycles. The summed E-state index contributed by atoms with van der Waals surface area (Å²) in [6.45, 7) is 2.85. The highest BCUT2D eigenvalue weighted by atomic mass is 16.1. The fourth-order valence-corrected chi connectivity index (χ4v) is 5.15. The molecule has 3 nitrogen and oxygen atoms in total. The lowest BCUT2D eigenvalue weighted by Crippen LogP contribution is -2.59. The van der Waals surface area contributed by atoms with Crippen LogP contribution in [0.1, 0.15) is 64.7 Å². The molecule has 2 bridgehead atoms. The van der Waals surface area contributed by atoms with Crippen LogP contribution in [0.3, 0.4) is 0 Å². The van der Waals surface area contributed by atoms with Crippen molar-refractivity contribution in [3.63, 3.8) is 0 Å². The second-order valence-corrected chi connectivity index (χ2v) is 7.69. The number of hydrogen-bond donors (Lipinski definition) is 2. The first-order chi connectivity index (χ1) is 9.63. The van der Waals surface area contributed by atoms with Gasteiger partial charge in [-0.1, -0.05) is 26.2 Å². The van der Waals surface area contributed by atoms with Gasteiger partial charge in [-0.2, -0.15) is 0 Å². The average Bonchev–Trinajstić information content (AvgIpc) is 3.04. The van der Waals surface area contributed by atoms with Gasteiger partial charge >= 0.3 is 0 Å². The molecule has 20 heavy (non-hydrogen) atoms. The Labute approximate surface area is 123 Å². The Bertz CT molecular complexity index is 370. The number of carbonyl (C=O) groups excluding carboxylic acids is 1. The highest BCUT2D eigenvalue weighted by Crippen LogP contribution is 2.49. The lowest BCUT2D eigenvalue weighted by molar-refractivity contribution is -0.125. The molecule has 3 aliphatic carbocycles. The number of carbonyl (C=O) groups is 1. The molecule has 0 spiro atoms. The molecule has 3 rings (SSSR count). The van der Waals surface area contributed by atoms with Gasteiger partial charge in [0.25, 0.3) is 0 Å². The van der Waals surface area contributed by atoms with E-state index >= 15 is 0 Å². The molecule has 5 unspecified atom stereocenters. The molecule has 0 aromatic heterocycles. The predicted molar refractivity (Wildman–Crippen MR) is 81.1 cm³/mol. The van der Waals surface area contributed by atoms with Crippen LogP contribution in [0.2, 0.25) is 0 Å². The van der Waals surface area contributed by atoms with Gasteiger partial charge < -0.3 is 11.1 Å². The Hall–Kier alpha value is -0.570. The molecule has 114 valence electrons. The van der Waals surface area contributed by atoms with Gasteiger partial charge in [0.1, 0.15) is 0 Å². The molecule has 1 amide bonds. The van der Waals surface area contributed by atoms with E-state index in [9.17, 15) is 4.79 Å². The third-order valence-electron chi connectivity index (χ3n) is 6.54. The van der Waals surface area contributed by atoms with Crippen molar-refractivity contribution in [3.05, 3.63) is 0 Å². The van der Waals surface area contributed by atoms with E-state index in [4.69, 9.17) is 5.73 Å². The standard InChI is InChI=1S/C17H30N2O/c1-12-4-2-3-7-17(12,11-18)19-16(20)10-15-9-13-5-6-14(15)8-13/h12-15H,2-11,18H2,1H3,(H,19,20). The van der Waals surface area contributed by atoms with Gasteiger partial charge in [0.15, 0.2) is 0 Å². The molecule has 3 heteroatoms. The third kappa shape index (κ3) is 2.61. The Morgan fingerprint density at radius 3 is 2.70 bits per heavy atom. The van der Waals surface area contributed by atoms with Crippen molar-refractivity contribution in [1.29, 1.82) is 0 Å². The molecule has 0 heterocycles. The first-order valence-electron chi connectivity index (χ1n) is 8.64. The van der Waals surface area contributed by atoms with Crippen molar-refractivity contribution in [2.45, 2.75) is 70.3 Å². The maximum Gasteiger partial charge on any atom is 0.220 e. The monoisotopic (exact) mass is 278 g/mol. The van der Waals surface area contributed by atoms with Gasteiger partial charge in [0.2, 0.25) is 5.91 Å². The summed E-state index contributed by atoms with van der Waals surface area (Å²) in [7, 11) is 0. The number of nitrogens with one attached hydrogen (secondary N) is 1. The maximum atomic E-state index is 12.5. The van der Waals surface area contributed by atoms with Gasteiger partial charge in [0, 0.05) is 13.0 Å². The highest BCUT2D eigenvalue weighted by Gasteiger charge is 2.42. The summed E-state index contributed by atoms with van der Waals surface area (Å²) >= 11 is 0. The van der Waals surface area contributed by atoms with Crippen LogP contribution in [0, 0.1) is 23.7 Å². The maximum absolute atomic E-state index is 12.5. The minimum Gasteiger partial charge on any atom is -0.349 e. The van der Waals surface area contributed by atoms with E-state index in [1.165, 1.54) is 44.9 Å². The van der Waals surface area contributed by atoms with Crippen LogP contribution < -0.4 is 11.1 Å². The number of fused-ring (bicyclic) bond motifs is 2. The molecule has 0 radical (unpaired) electrons. The van der Waals surface area contributed by atoms with Crippen molar-refractivity contribution in [1.82, 2.24) is 5.32 Å².